The van der Waals surface area contributed by atoms with Crippen LogP contribution in [-0.2, 0) is 0 Å². The molecule has 23 heavy (non-hydrogen) atoms. The van der Waals surface area contributed by atoms with E-state index < -0.39 is 0 Å². The molecular formula is C18H21ClN4. The molecule has 4 rings (SSSR count). The van der Waals surface area contributed by atoms with Crippen LogP contribution in [0.2, 0.25) is 5.02 Å². The highest BCUT2D eigenvalue weighted by atomic mass is 35.5. The lowest BCUT2D eigenvalue weighted by atomic mass is 9.76. The smallest absolute Gasteiger partial charge is 0.147 e. The highest BCUT2D eigenvalue weighted by Crippen LogP contribution is 2.37. The number of anilines is 1. The zero-order valence-electron chi connectivity index (χ0n) is 13.0. The van der Waals surface area contributed by atoms with Crippen LogP contribution in [0.1, 0.15) is 30.7 Å². The second-order valence-electron chi connectivity index (χ2n) is 6.56. The Morgan fingerprint density at radius 2 is 2.00 bits per heavy atom. The van der Waals surface area contributed by atoms with Gasteiger partial charge in [-0.05, 0) is 48.9 Å². The molecule has 2 aromatic heterocycles. The minimum Gasteiger partial charge on any atom is -0.354 e. The summed E-state index contributed by atoms with van der Waals surface area (Å²) in [5.74, 6) is 1.59. The molecule has 2 aromatic rings. The summed E-state index contributed by atoms with van der Waals surface area (Å²) in [6.45, 7) is 2.01. The van der Waals surface area contributed by atoms with Crippen LogP contribution in [0.25, 0.3) is 0 Å². The number of pyridine rings is 2. The van der Waals surface area contributed by atoms with Gasteiger partial charge in [-0.1, -0.05) is 17.7 Å². The van der Waals surface area contributed by atoms with Crippen LogP contribution in [0.5, 0.6) is 0 Å². The maximum Gasteiger partial charge on any atom is 0.147 e. The van der Waals surface area contributed by atoms with Crippen molar-refractivity contribution >= 4 is 17.4 Å². The molecule has 1 aliphatic heterocycles. The summed E-state index contributed by atoms with van der Waals surface area (Å²) in [5, 5.41) is 4.55. The Labute approximate surface area is 141 Å². The molecule has 5 heteroatoms. The monoisotopic (exact) mass is 328 g/mol. The fourth-order valence-electron chi connectivity index (χ4n) is 3.68. The Hall–Kier alpha value is -1.65. The second kappa shape index (κ2) is 6.46. The van der Waals surface area contributed by atoms with Crippen LogP contribution in [0.3, 0.4) is 0 Å². The number of aromatic nitrogens is 2. The Kier molecular flexibility index (Phi) is 4.19. The molecule has 1 saturated heterocycles. The van der Waals surface area contributed by atoms with E-state index in [0.29, 0.717) is 18.0 Å². The predicted molar refractivity (Wildman–Crippen MR) is 93.0 cm³/mol. The molecule has 0 spiro atoms. The van der Waals surface area contributed by atoms with E-state index in [1.54, 1.807) is 0 Å². The number of hydrogen-bond acceptors (Lipinski definition) is 4. The quantitative estimate of drug-likeness (QED) is 0.935. The Bertz CT molecular complexity index is 657. The number of halogens is 1. The van der Waals surface area contributed by atoms with Crippen LogP contribution in [-0.4, -0.2) is 35.1 Å². The van der Waals surface area contributed by atoms with Crippen molar-refractivity contribution in [1.29, 1.82) is 0 Å². The van der Waals surface area contributed by atoms with E-state index in [1.165, 1.54) is 18.4 Å². The van der Waals surface area contributed by atoms with Gasteiger partial charge in [0, 0.05) is 43.8 Å². The van der Waals surface area contributed by atoms with E-state index in [4.69, 9.17) is 11.6 Å². The third-order valence-corrected chi connectivity index (χ3v) is 5.29. The fraction of sp³-hybridized carbons (Fsp3) is 0.444. The SMILES string of the molecule is Clc1cccnc1N1CCC(NC2CC(c3cccnc3)C2)C1. The molecule has 1 saturated carbocycles. The van der Waals surface area contributed by atoms with Crippen molar-refractivity contribution < 1.29 is 0 Å². The summed E-state index contributed by atoms with van der Waals surface area (Å²) in [6, 6.07) is 9.17. The minimum absolute atomic E-state index is 0.535. The van der Waals surface area contributed by atoms with E-state index in [9.17, 15) is 0 Å². The molecule has 1 unspecified atom stereocenters. The molecule has 4 nitrogen and oxygen atoms in total. The fourth-order valence-corrected chi connectivity index (χ4v) is 3.92. The molecule has 0 aromatic carbocycles. The van der Waals surface area contributed by atoms with Gasteiger partial charge < -0.3 is 10.2 Å². The first-order valence-electron chi connectivity index (χ1n) is 8.31. The van der Waals surface area contributed by atoms with Crippen LogP contribution in [0, 0.1) is 0 Å². The Balaban J connectivity index is 1.28. The standard InChI is InChI=1S/C18H21ClN4/c19-17-4-2-7-21-18(17)23-8-5-15(12-23)22-16-9-14(10-16)13-3-1-6-20-11-13/h1-4,6-7,11,14-16,22H,5,8-10,12H2. The van der Waals surface area contributed by atoms with Crippen molar-refractivity contribution in [3.05, 3.63) is 53.4 Å². The number of rotatable bonds is 4. The van der Waals surface area contributed by atoms with Gasteiger partial charge in [0.05, 0.1) is 5.02 Å². The van der Waals surface area contributed by atoms with E-state index in [-0.39, 0.29) is 0 Å². The summed E-state index contributed by atoms with van der Waals surface area (Å²) in [6.07, 6.45) is 9.24. The van der Waals surface area contributed by atoms with Gasteiger partial charge in [-0.25, -0.2) is 4.98 Å². The average Bonchev–Trinajstić information content (AvgIpc) is 3.00. The van der Waals surface area contributed by atoms with Crippen LogP contribution < -0.4 is 10.2 Å². The highest BCUT2D eigenvalue weighted by Gasteiger charge is 2.34. The molecule has 0 amide bonds. The summed E-state index contributed by atoms with van der Waals surface area (Å²) in [4.78, 5) is 10.9. The average molecular weight is 329 g/mol. The molecule has 1 atom stereocenters. The van der Waals surface area contributed by atoms with Crippen molar-refractivity contribution in [2.24, 2.45) is 0 Å². The third-order valence-electron chi connectivity index (χ3n) is 4.99. The topological polar surface area (TPSA) is 41.1 Å². The lowest BCUT2D eigenvalue weighted by molar-refractivity contribution is 0.269. The highest BCUT2D eigenvalue weighted by molar-refractivity contribution is 6.32. The van der Waals surface area contributed by atoms with Crippen LogP contribution in [0.4, 0.5) is 5.82 Å². The largest absolute Gasteiger partial charge is 0.354 e. The number of hydrogen-bond donors (Lipinski definition) is 1. The first-order chi connectivity index (χ1) is 11.3. The van der Waals surface area contributed by atoms with Crippen LogP contribution >= 0.6 is 11.6 Å². The molecule has 0 radical (unpaired) electrons. The molecule has 3 heterocycles. The maximum absolute atomic E-state index is 6.25. The van der Waals surface area contributed by atoms with E-state index in [2.05, 4.69) is 26.3 Å². The Morgan fingerprint density at radius 3 is 2.78 bits per heavy atom. The first-order valence-corrected chi connectivity index (χ1v) is 8.69. The maximum atomic E-state index is 6.25. The lowest BCUT2D eigenvalue weighted by Crippen LogP contribution is -2.46. The number of nitrogens with zero attached hydrogens (tertiary/aromatic N) is 3. The van der Waals surface area contributed by atoms with Gasteiger partial charge in [-0.15, -0.1) is 0 Å². The molecule has 2 aliphatic rings. The van der Waals surface area contributed by atoms with Crippen molar-refractivity contribution in [2.45, 2.75) is 37.3 Å². The minimum atomic E-state index is 0.535. The zero-order valence-corrected chi connectivity index (χ0v) is 13.8. The van der Waals surface area contributed by atoms with Crippen LogP contribution in [0.15, 0.2) is 42.9 Å². The van der Waals surface area contributed by atoms with Crippen molar-refractivity contribution in [1.82, 2.24) is 15.3 Å². The van der Waals surface area contributed by atoms with E-state index in [0.717, 1.165) is 30.4 Å². The normalized spacial score (nSPS) is 27.0. The summed E-state index contributed by atoms with van der Waals surface area (Å²) >= 11 is 6.25. The molecule has 1 N–H and O–H groups in total. The van der Waals surface area contributed by atoms with Gasteiger partial charge >= 0.3 is 0 Å². The predicted octanol–water partition coefficient (Wildman–Crippen LogP) is 3.24. The van der Waals surface area contributed by atoms with Gasteiger partial charge in [-0.3, -0.25) is 4.98 Å². The summed E-state index contributed by atoms with van der Waals surface area (Å²) in [5.41, 5.74) is 1.37. The Morgan fingerprint density at radius 1 is 1.13 bits per heavy atom. The second-order valence-corrected chi connectivity index (χ2v) is 6.97. The van der Waals surface area contributed by atoms with E-state index in [1.807, 2.05) is 36.8 Å². The molecule has 120 valence electrons. The number of nitrogens with one attached hydrogen (secondary N) is 1. The first kappa shape index (κ1) is 14.9. The third kappa shape index (κ3) is 3.19. The zero-order chi connectivity index (χ0) is 15.6. The van der Waals surface area contributed by atoms with Gasteiger partial charge in [0.2, 0.25) is 0 Å². The lowest BCUT2D eigenvalue weighted by Gasteiger charge is -2.38. The van der Waals surface area contributed by atoms with Gasteiger partial charge in [0.25, 0.3) is 0 Å². The molecular weight excluding hydrogens is 308 g/mol. The van der Waals surface area contributed by atoms with Gasteiger partial charge in [0.1, 0.15) is 5.82 Å². The van der Waals surface area contributed by atoms with Crippen molar-refractivity contribution in [2.75, 3.05) is 18.0 Å². The van der Waals surface area contributed by atoms with Crippen molar-refractivity contribution in [3.63, 3.8) is 0 Å². The van der Waals surface area contributed by atoms with Gasteiger partial charge in [0.15, 0.2) is 0 Å². The summed E-state index contributed by atoms with van der Waals surface area (Å²) < 4.78 is 0. The molecule has 2 fully saturated rings. The van der Waals surface area contributed by atoms with E-state index >= 15 is 0 Å². The molecule has 1 aliphatic carbocycles. The van der Waals surface area contributed by atoms with Crippen molar-refractivity contribution in [3.8, 4) is 0 Å². The molecule has 0 bridgehead atoms. The van der Waals surface area contributed by atoms with Gasteiger partial charge in [-0.2, -0.15) is 0 Å². The summed E-state index contributed by atoms with van der Waals surface area (Å²) in [7, 11) is 0.